The van der Waals surface area contributed by atoms with Crippen LogP contribution in [0, 0.1) is 0 Å². The topological polar surface area (TPSA) is 53.1 Å². The van der Waals surface area contributed by atoms with E-state index in [1.165, 1.54) is 25.7 Å². The highest BCUT2D eigenvalue weighted by Crippen LogP contribution is 2.29. The van der Waals surface area contributed by atoms with Crippen LogP contribution >= 0.6 is 11.6 Å². The van der Waals surface area contributed by atoms with Crippen molar-refractivity contribution in [3.63, 3.8) is 0 Å². The highest BCUT2D eigenvalue weighted by Gasteiger charge is 2.17. The van der Waals surface area contributed by atoms with Gasteiger partial charge in [-0.15, -0.1) is 0 Å². The lowest BCUT2D eigenvalue weighted by Crippen LogP contribution is -2.07. The predicted octanol–water partition coefficient (Wildman–Crippen LogP) is 3.69. The largest absolute Gasteiger partial charge is 0.487 e. The van der Waals surface area contributed by atoms with Crippen LogP contribution in [0.25, 0.3) is 0 Å². The minimum Gasteiger partial charge on any atom is -0.487 e. The van der Waals surface area contributed by atoms with E-state index in [9.17, 15) is 0 Å². The van der Waals surface area contributed by atoms with E-state index < -0.39 is 0 Å². The van der Waals surface area contributed by atoms with Gasteiger partial charge in [-0.25, -0.2) is 0 Å². The summed E-state index contributed by atoms with van der Waals surface area (Å²) in [6.45, 7) is 0.862. The molecule has 1 fully saturated rings. The van der Waals surface area contributed by atoms with E-state index >= 15 is 0 Å². The Morgan fingerprint density at radius 3 is 2.86 bits per heavy atom. The maximum Gasteiger partial charge on any atom is 0.132 e. The van der Waals surface area contributed by atoms with Gasteiger partial charge in [0.1, 0.15) is 12.4 Å². The van der Waals surface area contributed by atoms with Crippen molar-refractivity contribution in [2.75, 3.05) is 0 Å². The summed E-state index contributed by atoms with van der Waals surface area (Å²) >= 11 is 5.96. The summed E-state index contributed by atoms with van der Waals surface area (Å²) < 4.78 is 7.91. The lowest BCUT2D eigenvalue weighted by molar-refractivity contribution is 0.295. The highest BCUT2D eigenvalue weighted by atomic mass is 35.5. The Labute approximate surface area is 129 Å². The van der Waals surface area contributed by atoms with Gasteiger partial charge in [0.05, 0.1) is 11.7 Å². The van der Waals surface area contributed by atoms with Crippen LogP contribution in [0.4, 0.5) is 0 Å². The minimum absolute atomic E-state index is 0.409. The van der Waals surface area contributed by atoms with E-state index in [2.05, 4.69) is 16.0 Å². The first-order valence-corrected chi connectivity index (χ1v) is 7.79. The first kappa shape index (κ1) is 14.4. The number of rotatable bonds is 5. The van der Waals surface area contributed by atoms with Gasteiger partial charge in [0.2, 0.25) is 0 Å². The predicted molar refractivity (Wildman–Crippen MR) is 83.4 cm³/mol. The smallest absolute Gasteiger partial charge is 0.132 e. The number of ether oxygens (including phenoxy) is 1. The molecular formula is C16H20ClN3O. The molecule has 3 rings (SSSR count). The van der Waals surface area contributed by atoms with Crippen LogP contribution in [-0.2, 0) is 13.2 Å². The molecule has 0 radical (unpaired) electrons. The van der Waals surface area contributed by atoms with Gasteiger partial charge in [-0.3, -0.25) is 4.68 Å². The van der Waals surface area contributed by atoms with Gasteiger partial charge in [-0.05, 0) is 37.1 Å². The van der Waals surface area contributed by atoms with Crippen LogP contribution in [-0.4, -0.2) is 9.78 Å². The molecule has 112 valence electrons. The highest BCUT2D eigenvalue weighted by molar-refractivity contribution is 6.30. The number of nitrogens with zero attached hydrogens (tertiary/aromatic N) is 2. The van der Waals surface area contributed by atoms with Gasteiger partial charge in [0.25, 0.3) is 0 Å². The lowest BCUT2D eigenvalue weighted by atomic mass is 10.2. The summed E-state index contributed by atoms with van der Waals surface area (Å²) in [5.74, 6) is 0.775. The Kier molecular flexibility index (Phi) is 4.46. The molecule has 1 aromatic heterocycles. The molecule has 0 amide bonds. The average molecular weight is 306 g/mol. The van der Waals surface area contributed by atoms with Gasteiger partial charge < -0.3 is 10.5 Å². The van der Waals surface area contributed by atoms with Crippen LogP contribution in [0.1, 0.15) is 43.0 Å². The molecule has 0 atom stereocenters. The molecule has 0 unspecified atom stereocenters. The maximum atomic E-state index is 5.96. The van der Waals surface area contributed by atoms with Crippen LogP contribution < -0.4 is 10.5 Å². The molecule has 2 aromatic rings. The zero-order valence-corrected chi connectivity index (χ0v) is 12.7. The molecule has 1 aliphatic rings. The summed E-state index contributed by atoms with van der Waals surface area (Å²) in [5.41, 5.74) is 7.58. The van der Waals surface area contributed by atoms with Crippen molar-refractivity contribution in [2.24, 2.45) is 5.73 Å². The quantitative estimate of drug-likeness (QED) is 0.916. The summed E-state index contributed by atoms with van der Waals surface area (Å²) in [4.78, 5) is 0. The molecule has 2 N–H and O–H groups in total. The van der Waals surface area contributed by atoms with Crippen molar-refractivity contribution in [1.82, 2.24) is 9.78 Å². The van der Waals surface area contributed by atoms with Crippen LogP contribution in [0.3, 0.4) is 0 Å². The SMILES string of the molecule is NCc1cc(Cl)ccc1OCc1ccn(C2CCCC2)n1. The second-order valence-corrected chi connectivity index (χ2v) is 5.91. The molecule has 0 spiro atoms. The first-order valence-electron chi connectivity index (χ1n) is 7.41. The first-order chi connectivity index (χ1) is 10.3. The van der Waals surface area contributed by atoms with Gasteiger partial charge in [-0.2, -0.15) is 5.10 Å². The van der Waals surface area contributed by atoms with E-state index in [0.717, 1.165) is 17.0 Å². The Morgan fingerprint density at radius 1 is 1.29 bits per heavy atom. The van der Waals surface area contributed by atoms with E-state index in [0.29, 0.717) is 24.2 Å². The van der Waals surface area contributed by atoms with E-state index in [-0.39, 0.29) is 0 Å². The molecule has 1 aliphatic carbocycles. The summed E-state index contributed by atoms with van der Waals surface area (Å²) in [6, 6.07) is 8.10. The molecule has 4 nitrogen and oxygen atoms in total. The molecule has 21 heavy (non-hydrogen) atoms. The zero-order chi connectivity index (χ0) is 14.7. The molecule has 1 saturated carbocycles. The van der Waals surface area contributed by atoms with Gasteiger partial charge in [-0.1, -0.05) is 24.4 Å². The number of halogens is 1. The van der Waals surface area contributed by atoms with Crippen LogP contribution in [0.2, 0.25) is 5.02 Å². The Balaban J connectivity index is 1.65. The second-order valence-electron chi connectivity index (χ2n) is 5.47. The summed E-state index contributed by atoms with van der Waals surface area (Å²) in [6.07, 6.45) is 7.13. The monoisotopic (exact) mass is 305 g/mol. The number of aromatic nitrogens is 2. The number of benzene rings is 1. The van der Waals surface area contributed by atoms with Gasteiger partial charge >= 0.3 is 0 Å². The fourth-order valence-corrected chi connectivity index (χ4v) is 3.02. The van der Waals surface area contributed by atoms with Crippen molar-refractivity contribution in [3.05, 3.63) is 46.7 Å². The minimum atomic E-state index is 0.409. The fourth-order valence-electron chi connectivity index (χ4n) is 2.83. The van der Waals surface area contributed by atoms with Crippen molar-refractivity contribution in [2.45, 2.75) is 44.9 Å². The van der Waals surface area contributed by atoms with E-state index in [4.69, 9.17) is 22.1 Å². The Bertz CT molecular complexity index is 605. The number of hydrogen-bond acceptors (Lipinski definition) is 3. The third-order valence-corrected chi connectivity index (χ3v) is 4.22. The molecule has 1 aromatic carbocycles. The summed E-state index contributed by atoms with van der Waals surface area (Å²) in [5, 5.41) is 5.29. The molecular weight excluding hydrogens is 286 g/mol. The third-order valence-electron chi connectivity index (χ3n) is 3.98. The van der Waals surface area contributed by atoms with E-state index in [1.807, 2.05) is 24.3 Å². The fraction of sp³-hybridized carbons (Fsp3) is 0.438. The molecule has 0 saturated heterocycles. The van der Waals surface area contributed by atoms with Gasteiger partial charge in [0, 0.05) is 23.3 Å². The number of nitrogens with two attached hydrogens (primary N) is 1. The van der Waals surface area contributed by atoms with Crippen molar-refractivity contribution >= 4 is 11.6 Å². The van der Waals surface area contributed by atoms with E-state index in [1.54, 1.807) is 0 Å². The Morgan fingerprint density at radius 2 is 2.10 bits per heavy atom. The van der Waals surface area contributed by atoms with Crippen molar-refractivity contribution in [3.8, 4) is 5.75 Å². The molecule has 0 aliphatic heterocycles. The molecule has 1 heterocycles. The van der Waals surface area contributed by atoms with Crippen LogP contribution in [0.5, 0.6) is 5.75 Å². The lowest BCUT2D eigenvalue weighted by Gasteiger charge is -2.10. The van der Waals surface area contributed by atoms with Gasteiger partial charge in [0.15, 0.2) is 0 Å². The standard InChI is InChI=1S/C16H20ClN3O/c17-13-5-6-16(12(9-13)10-18)21-11-14-7-8-20(19-14)15-3-1-2-4-15/h5-9,15H,1-4,10-11,18H2. The van der Waals surface area contributed by atoms with Crippen LogP contribution in [0.15, 0.2) is 30.5 Å². The maximum absolute atomic E-state index is 5.96. The second kappa shape index (κ2) is 6.50. The molecule has 0 bridgehead atoms. The summed E-state index contributed by atoms with van der Waals surface area (Å²) in [7, 11) is 0. The third kappa shape index (κ3) is 3.39. The van der Waals surface area contributed by atoms with Crippen molar-refractivity contribution < 1.29 is 4.74 Å². The molecule has 5 heteroatoms. The zero-order valence-electron chi connectivity index (χ0n) is 12.0. The number of hydrogen-bond donors (Lipinski definition) is 1. The Hall–Kier alpha value is -1.52. The normalized spacial score (nSPS) is 15.5. The van der Waals surface area contributed by atoms with Crippen molar-refractivity contribution in [1.29, 1.82) is 0 Å². The average Bonchev–Trinajstić information content (AvgIpc) is 3.16.